The van der Waals surface area contributed by atoms with Crippen LogP contribution in [0.25, 0.3) is 5.57 Å². The molecule has 0 aromatic heterocycles. The Kier molecular flexibility index (Phi) is 9.70. The zero-order chi connectivity index (χ0) is 38.4. The van der Waals surface area contributed by atoms with Gasteiger partial charge in [-0.05, 0) is 53.8 Å². The number of benzene rings is 4. The first-order valence-electron chi connectivity index (χ1n) is 17.1. The molecule has 3 aliphatic rings. The predicted octanol–water partition coefficient (Wildman–Crippen LogP) is 6.41. The number of carbonyl (C=O) groups excluding carboxylic acids is 3. The number of ketones is 2. The van der Waals surface area contributed by atoms with E-state index in [9.17, 15) is 40.3 Å². The highest BCUT2D eigenvalue weighted by atomic mass is 32.2. The summed E-state index contributed by atoms with van der Waals surface area (Å²) in [5.41, 5.74) is 1.36. The van der Waals surface area contributed by atoms with Crippen LogP contribution >= 0.6 is 0 Å². The molecule has 2 aliphatic carbocycles. The monoisotopic (exact) mass is 766 g/mol. The molecule has 4 aromatic carbocycles. The van der Waals surface area contributed by atoms with Gasteiger partial charge in [-0.1, -0.05) is 92.6 Å². The van der Waals surface area contributed by atoms with Gasteiger partial charge < -0.3 is 15.4 Å². The second-order valence-electron chi connectivity index (χ2n) is 13.1. The number of amides is 1. The molecule has 2 atom stereocenters. The fourth-order valence-corrected chi connectivity index (χ4v) is 8.53. The SMILES string of the molecule is CCCCCc1ccc(OC2=C3NC(=O)C(C(=O)c4ccccc4)=C4c5ccccc5C(=O)C(C(Nc5ccccc5S(=O)(=O)O)=C2)C34)c(S(=O)(=O)O)c1. The van der Waals surface area contributed by atoms with E-state index in [-0.39, 0.29) is 50.9 Å². The summed E-state index contributed by atoms with van der Waals surface area (Å²) in [5.74, 6) is -4.60. The molecule has 4 aromatic rings. The minimum absolute atomic E-state index is 0.0365. The van der Waals surface area contributed by atoms with Gasteiger partial charge in [0.25, 0.3) is 26.1 Å². The van der Waals surface area contributed by atoms with Crippen LogP contribution in [0.4, 0.5) is 5.69 Å². The van der Waals surface area contributed by atoms with Crippen LogP contribution in [0.5, 0.6) is 5.75 Å². The highest BCUT2D eigenvalue weighted by molar-refractivity contribution is 7.86. The highest BCUT2D eigenvalue weighted by Crippen LogP contribution is 2.52. The number of carbonyl (C=O) groups is 3. The number of para-hydroxylation sites is 1. The summed E-state index contributed by atoms with van der Waals surface area (Å²) in [4.78, 5) is 41.9. The Bertz CT molecular complexity index is 2560. The third-order valence-electron chi connectivity index (χ3n) is 9.63. The van der Waals surface area contributed by atoms with Crippen LogP contribution in [-0.4, -0.2) is 43.4 Å². The van der Waals surface area contributed by atoms with Gasteiger partial charge in [-0.15, -0.1) is 0 Å². The number of nitrogens with one attached hydrogen (secondary N) is 2. The zero-order valence-corrected chi connectivity index (χ0v) is 30.4. The van der Waals surface area contributed by atoms with E-state index >= 15 is 0 Å². The number of allylic oxidation sites excluding steroid dienone is 3. The number of anilines is 1. The van der Waals surface area contributed by atoms with Crippen molar-refractivity contribution >= 4 is 49.0 Å². The van der Waals surface area contributed by atoms with Crippen molar-refractivity contribution in [3.63, 3.8) is 0 Å². The third-order valence-corrected chi connectivity index (χ3v) is 11.4. The Balaban J connectivity index is 1.47. The number of ether oxygens (including phenoxy) is 1. The van der Waals surface area contributed by atoms with Gasteiger partial charge in [-0.25, -0.2) is 0 Å². The third kappa shape index (κ3) is 6.80. The van der Waals surface area contributed by atoms with Crippen LogP contribution in [0.15, 0.2) is 136 Å². The van der Waals surface area contributed by atoms with E-state index in [2.05, 4.69) is 10.6 Å². The van der Waals surface area contributed by atoms with E-state index < -0.39 is 59.3 Å². The fraction of sp³-hybridized carbons (Fsp3) is 0.175. The molecule has 54 heavy (non-hydrogen) atoms. The van der Waals surface area contributed by atoms with Gasteiger partial charge in [0.05, 0.1) is 22.9 Å². The summed E-state index contributed by atoms with van der Waals surface area (Å²) in [6.45, 7) is 2.03. The van der Waals surface area contributed by atoms with Crippen molar-refractivity contribution in [1.29, 1.82) is 0 Å². The first-order valence-corrected chi connectivity index (χ1v) is 20.0. The quantitative estimate of drug-likeness (QED) is 0.0539. The summed E-state index contributed by atoms with van der Waals surface area (Å²) in [6, 6.07) is 24.4. The van der Waals surface area contributed by atoms with Crippen molar-refractivity contribution in [1.82, 2.24) is 5.32 Å². The molecule has 0 saturated carbocycles. The standard InChI is InChI=1S/C40H34N2O10S2/c1-2-3-5-12-23-19-20-29(32(21-23)54(49,50)51)52-30-22-28(41-27-17-10-11-18-31(27)53(46,47)48)34-35-33(25-15-8-9-16-26(25)39(34)44)36(40(45)42-37(30)35)38(43)24-13-6-4-7-14-24/h4,6-11,13-22,34-35,41H,2-3,5,12H2,1H3,(H,42,45)(H,46,47,48)(H,49,50,51). The average Bonchev–Trinajstić information content (AvgIpc) is 3.14. The molecule has 0 bridgehead atoms. The van der Waals surface area contributed by atoms with Gasteiger partial charge in [0.1, 0.15) is 21.3 Å². The van der Waals surface area contributed by atoms with Gasteiger partial charge in [0.2, 0.25) is 0 Å². The minimum atomic E-state index is -4.85. The Hall–Kier alpha value is -5.67. The Morgan fingerprint density at radius 3 is 2.17 bits per heavy atom. The maximum Gasteiger partial charge on any atom is 0.298 e. The number of rotatable bonds is 12. The lowest BCUT2D eigenvalue weighted by Gasteiger charge is -2.43. The molecule has 0 saturated heterocycles. The maximum atomic E-state index is 14.5. The Morgan fingerprint density at radius 2 is 1.46 bits per heavy atom. The second kappa shape index (κ2) is 14.3. The minimum Gasteiger partial charge on any atom is -0.454 e. The van der Waals surface area contributed by atoms with Crippen LogP contribution in [0, 0.1) is 11.8 Å². The Morgan fingerprint density at radius 1 is 0.796 bits per heavy atom. The predicted molar refractivity (Wildman–Crippen MR) is 199 cm³/mol. The lowest BCUT2D eigenvalue weighted by Crippen LogP contribution is -2.48. The maximum absolute atomic E-state index is 14.5. The number of hydrogen-bond acceptors (Lipinski definition) is 9. The van der Waals surface area contributed by atoms with Crippen LogP contribution < -0.4 is 15.4 Å². The number of fused-ring (bicyclic) bond motifs is 2. The van der Waals surface area contributed by atoms with Crippen LogP contribution in [-0.2, 0) is 31.5 Å². The van der Waals surface area contributed by atoms with Gasteiger partial charge in [-0.3, -0.25) is 23.5 Å². The van der Waals surface area contributed by atoms with Crippen LogP contribution in [0.3, 0.4) is 0 Å². The van der Waals surface area contributed by atoms with Gasteiger partial charge in [-0.2, -0.15) is 16.8 Å². The zero-order valence-electron chi connectivity index (χ0n) is 28.8. The van der Waals surface area contributed by atoms with E-state index in [0.717, 1.165) is 19.3 Å². The van der Waals surface area contributed by atoms with E-state index in [4.69, 9.17) is 4.74 Å². The molecule has 2 unspecified atom stereocenters. The molecule has 7 rings (SSSR count). The normalized spacial score (nSPS) is 18.0. The number of aryl methyl sites for hydroxylation is 1. The smallest absolute Gasteiger partial charge is 0.298 e. The largest absolute Gasteiger partial charge is 0.454 e. The molecule has 14 heteroatoms. The highest BCUT2D eigenvalue weighted by Gasteiger charge is 2.51. The van der Waals surface area contributed by atoms with Gasteiger partial charge in [0.15, 0.2) is 11.6 Å². The molecule has 1 aliphatic heterocycles. The van der Waals surface area contributed by atoms with Crippen molar-refractivity contribution in [2.24, 2.45) is 11.8 Å². The second-order valence-corrected chi connectivity index (χ2v) is 15.9. The summed E-state index contributed by atoms with van der Waals surface area (Å²) < 4.78 is 77.0. The lowest BCUT2D eigenvalue weighted by atomic mass is 9.64. The first kappa shape index (κ1) is 36.7. The topological polar surface area (TPSA) is 193 Å². The van der Waals surface area contributed by atoms with Gasteiger partial charge >= 0.3 is 0 Å². The van der Waals surface area contributed by atoms with E-state index in [1.54, 1.807) is 60.7 Å². The van der Waals surface area contributed by atoms with E-state index in [0.29, 0.717) is 17.5 Å². The summed E-state index contributed by atoms with van der Waals surface area (Å²) >= 11 is 0. The fourth-order valence-electron chi connectivity index (χ4n) is 7.22. The van der Waals surface area contributed by atoms with Gasteiger partial charge in [0, 0.05) is 28.8 Å². The summed E-state index contributed by atoms with van der Waals surface area (Å²) in [5, 5.41) is 5.75. The Labute approximate surface area is 311 Å². The molecule has 1 heterocycles. The molecular weight excluding hydrogens is 733 g/mol. The van der Waals surface area contributed by atoms with Crippen molar-refractivity contribution in [3.05, 3.63) is 148 Å². The van der Waals surface area contributed by atoms with E-state index in [1.807, 2.05) is 6.92 Å². The number of hydrogen-bond donors (Lipinski definition) is 4. The van der Waals surface area contributed by atoms with Crippen molar-refractivity contribution in [2.45, 2.75) is 42.4 Å². The molecule has 276 valence electrons. The molecule has 0 fully saturated rings. The molecule has 0 radical (unpaired) electrons. The van der Waals surface area contributed by atoms with Crippen molar-refractivity contribution in [3.8, 4) is 5.75 Å². The number of unbranched alkanes of at least 4 members (excludes halogenated alkanes) is 2. The average molecular weight is 767 g/mol. The summed E-state index contributed by atoms with van der Waals surface area (Å²) in [7, 11) is -9.62. The van der Waals surface area contributed by atoms with E-state index in [1.165, 1.54) is 42.5 Å². The molecule has 12 nitrogen and oxygen atoms in total. The van der Waals surface area contributed by atoms with Crippen molar-refractivity contribution in [2.75, 3.05) is 5.32 Å². The van der Waals surface area contributed by atoms with Crippen LogP contribution in [0.1, 0.15) is 58.0 Å². The summed E-state index contributed by atoms with van der Waals surface area (Å²) in [6.07, 6.45) is 4.50. The van der Waals surface area contributed by atoms with Crippen LogP contribution in [0.2, 0.25) is 0 Å². The molecular formula is C40H34N2O10S2. The lowest BCUT2D eigenvalue weighted by molar-refractivity contribution is -0.117. The van der Waals surface area contributed by atoms with Crippen molar-refractivity contribution < 1.29 is 45.1 Å². The molecule has 4 N–H and O–H groups in total. The molecule has 0 spiro atoms. The molecule has 1 amide bonds. The first-order chi connectivity index (χ1) is 25.8. The number of Topliss-reactive ketones (excluding diaryl/α,β-unsaturated/α-hetero) is 2.